The second kappa shape index (κ2) is 4.41. The third kappa shape index (κ3) is 2.44. The molecule has 2 aliphatic heterocycles. The number of hydrogen-bond acceptors (Lipinski definition) is 3. The van der Waals surface area contributed by atoms with Crippen molar-refractivity contribution in [3.05, 3.63) is 12.1 Å². The molecule has 2 fully saturated rings. The summed E-state index contributed by atoms with van der Waals surface area (Å²) in [4.78, 5) is 0. The highest BCUT2D eigenvalue weighted by atomic mass is 16.7. The van der Waals surface area contributed by atoms with E-state index in [2.05, 4.69) is 34.3 Å². The van der Waals surface area contributed by atoms with Gasteiger partial charge in [-0.1, -0.05) is 0 Å². The largest absolute Gasteiger partial charge is 0.492 e. The second-order valence-corrected chi connectivity index (χ2v) is 6.02. The predicted octanol–water partition coefficient (Wildman–Crippen LogP) is 2.74. The van der Waals surface area contributed by atoms with Crippen LogP contribution in [0.4, 0.5) is 0 Å². The van der Waals surface area contributed by atoms with Gasteiger partial charge < -0.3 is 14.0 Å². The molecule has 0 aromatic heterocycles. The molecule has 0 aromatic carbocycles. The van der Waals surface area contributed by atoms with Gasteiger partial charge in [0.1, 0.15) is 0 Å². The smallest absolute Gasteiger partial charge is 0.400 e. The van der Waals surface area contributed by atoms with Gasteiger partial charge in [-0.25, -0.2) is 0 Å². The number of ether oxygens (including phenoxy) is 1. The summed E-state index contributed by atoms with van der Waals surface area (Å²) < 4.78 is 17.7. The van der Waals surface area contributed by atoms with Crippen LogP contribution >= 0.6 is 0 Å². The molecule has 0 bridgehead atoms. The first kappa shape index (κ1) is 13.1. The lowest BCUT2D eigenvalue weighted by molar-refractivity contribution is 0.00578. The van der Waals surface area contributed by atoms with Crippen LogP contribution in [0.25, 0.3) is 0 Å². The molecule has 1 unspecified atom stereocenters. The highest BCUT2D eigenvalue weighted by molar-refractivity contribution is 6.54. The molecule has 0 amide bonds. The van der Waals surface area contributed by atoms with Crippen molar-refractivity contribution in [2.75, 3.05) is 6.61 Å². The number of rotatable bonds is 2. The maximum absolute atomic E-state index is 5.98. The van der Waals surface area contributed by atoms with Crippen LogP contribution < -0.4 is 0 Å². The molecule has 96 valence electrons. The van der Waals surface area contributed by atoms with Gasteiger partial charge in [0, 0.05) is 6.61 Å². The Bertz CT molecular complexity index is 290. The van der Waals surface area contributed by atoms with Crippen molar-refractivity contribution in [1.29, 1.82) is 0 Å². The Kier molecular flexibility index (Phi) is 3.41. The van der Waals surface area contributed by atoms with E-state index < -0.39 is 0 Å². The lowest BCUT2D eigenvalue weighted by Crippen LogP contribution is -2.41. The molecule has 0 aliphatic carbocycles. The topological polar surface area (TPSA) is 27.7 Å². The quantitative estimate of drug-likeness (QED) is 0.692. The molecule has 2 rings (SSSR count). The van der Waals surface area contributed by atoms with Crippen LogP contribution in [-0.2, 0) is 14.0 Å². The Morgan fingerprint density at radius 2 is 1.71 bits per heavy atom. The summed E-state index contributed by atoms with van der Waals surface area (Å²) >= 11 is 0. The molecule has 0 aromatic rings. The van der Waals surface area contributed by atoms with E-state index in [-0.39, 0.29) is 24.4 Å². The molecule has 2 heterocycles. The Morgan fingerprint density at radius 3 is 2.18 bits per heavy atom. The third-order valence-electron chi connectivity index (χ3n) is 4.15. The zero-order valence-electron chi connectivity index (χ0n) is 11.4. The minimum atomic E-state index is -0.330. The van der Waals surface area contributed by atoms with E-state index in [9.17, 15) is 0 Å². The van der Waals surface area contributed by atoms with Gasteiger partial charge >= 0.3 is 7.12 Å². The fourth-order valence-electron chi connectivity index (χ4n) is 2.18. The van der Waals surface area contributed by atoms with Crippen molar-refractivity contribution in [1.82, 2.24) is 0 Å². The van der Waals surface area contributed by atoms with Gasteiger partial charge in [0.25, 0.3) is 0 Å². The molecule has 2 saturated heterocycles. The minimum Gasteiger partial charge on any atom is -0.400 e. The van der Waals surface area contributed by atoms with E-state index in [4.69, 9.17) is 14.0 Å². The van der Waals surface area contributed by atoms with Crippen molar-refractivity contribution in [3.63, 3.8) is 0 Å². The van der Waals surface area contributed by atoms with Crippen molar-refractivity contribution in [2.24, 2.45) is 0 Å². The maximum atomic E-state index is 5.98. The van der Waals surface area contributed by atoms with Crippen LogP contribution in [0.1, 0.15) is 47.0 Å². The minimum absolute atomic E-state index is 0.0958. The van der Waals surface area contributed by atoms with Crippen molar-refractivity contribution in [2.45, 2.75) is 64.3 Å². The summed E-state index contributed by atoms with van der Waals surface area (Å²) in [6, 6.07) is 0. The zero-order chi connectivity index (χ0) is 12.7. The van der Waals surface area contributed by atoms with Gasteiger partial charge in [-0.15, -0.1) is 6.58 Å². The Morgan fingerprint density at radius 1 is 1.12 bits per heavy atom. The molecule has 17 heavy (non-hydrogen) atoms. The molecule has 0 N–H and O–H groups in total. The fraction of sp³-hybridized carbons (Fsp3) is 0.846. The molecule has 4 heteroatoms. The Labute approximate surface area is 105 Å². The second-order valence-electron chi connectivity index (χ2n) is 6.02. The SMILES string of the molecule is C=C(B1OC(C)(C)C(C)(C)O1)C1CCCCO1. The summed E-state index contributed by atoms with van der Waals surface area (Å²) in [5.74, 6) is 0. The highest BCUT2D eigenvalue weighted by Gasteiger charge is 2.53. The first-order valence-corrected chi connectivity index (χ1v) is 6.49. The summed E-state index contributed by atoms with van der Waals surface area (Å²) in [7, 11) is -0.330. The van der Waals surface area contributed by atoms with Crippen LogP contribution in [0.15, 0.2) is 12.1 Å². The molecular formula is C13H23BO3. The average Bonchev–Trinajstić information content (AvgIpc) is 2.48. The van der Waals surface area contributed by atoms with Crippen molar-refractivity contribution < 1.29 is 14.0 Å². The molecule has 0 radical (unpaired) electrons. The first-order chi connectivity index (χ1) is 7.83. The summed E-state index contributed by atoms with van der Waals surface area (Å²) in [5, 5.41) is 0. The van der Waals surface area contributed by atoms with Crippen LogP contribution in [0.2, 0.25) is 0 Å². The summed E-state index contributed by atoms with van der Waals surface area (Å²) in [5.41, 5.74) is 0.341. The monoisotopic (exact) mass is 238 g/mol. The van der Waals surface area contributed by atoms with Gasteiger partial charge in [-0.3, -0.25) is 0 Å². The lowest BCUT2D eigenvalue weighted by Gasteiger charge is -2.32. The molecule has 2 aliphatic rings. The molecular weight excluding hydrogens is 215 g/mol. The summed E-state index contributed by atoms with van der Waals surface area (Å²) in [6.07, 6.45) is 3.47. The van der Waals surface area contributed by atoms with E-state index in [1.165, 1.54) is 6.42 Å². The Balaban J connectivity index is 2.02. The van der Waals surface area contributed by atoms with E-state index >= 15 is 0 Å². The zero-order valence-corrected chi connectivity index (χ0v) is 11.4. The van der Waals surface area contributed by atoms with Crippen LogP contribution in [0.5, 0.6) is 0 Å². The van der Waals surface area contributed by atoms with E-state index in [0.717, 1.165) is 24.9 Å². The molecule has 0 saturated carbocycles. The van der Waals surface area contributed by atoms with Crippen LogP contribution in [-0.4, -0.2) is 31.0 Å². The van der Waals surface area contributed by atoms with Crippen LogP contribution in [0.3, 0.4) is 0 Å². The standard InChI is InChI=1S/C13H23BO3/c1-10(11-8-6-7-9-15-11)14-16-12(2,3)13(4,5)17-14/h11H,1,6-9H2,2-5H3. The predicted molar refractivity (Wildman–Crippen MR) is 68.8 cm³/mol. The maximum Gasteiger partial charge on any atom is 0.492 e. The molecule has 1 atom stereocenters. The van der Waals surface area contributed by atoms with Gasteiger partial charge in [-0.05, 0) is 52.4 Å². The van der Waals surface area contributed by atoms with Gasteiger partial charge in [0.2, 0.25) is 0 Å². The average molecular weight is 238 g/mol. The normalized spacial score (nSPS) is 31.5. The van der Waals surface area contributed by atoms with E-state index in [1.807, 2.05) is 0 Å². The third-order valence-corrected chi connectivity index (χ3v) is 4.15. The Hall–Kier alpha value is -0.315. The van der Waals surface area contributed by atoms with E-state index in [1.54, 1.807) is 0 Å². The lowest BCUT2D eigenvalue weighted by atomic mass is 9.74. The van der Waals surface area contributed by atoms with Gasteiger partial charge in [-0.2, -0.15) is 0 Å². The van der Waals surface area contributed by atoms with Crippen molar-refractivity contribution >= 4 is 7.12 Å². The van der Waals surface area contributed by atoms with Crippen molar-refractivity contribution in [3.8, 4) is 0 Å². The van der Waals surface area contributed by atoms with Gasteiger partial charge in [0.05, 0.1) is 17.3 Å². The van der Waals surface area contributed by atoms with Gasteiger partial charge in [0.15, 0.2) is 0 Å². The number of hydrogen-bond donors (Lipinski definition) is 0. The van der Waals surface area contributed by atoms with Crippen LogP contribution in [0, 0.1) is 0 Å². The fourth-order valence-corrected chi connectivity index (χ4v) is 2.18. The first-order valence-electron chi connectivity index (χ1n) is 6.49. The highest BCUT2D eigenvalue weighted by Crippen LogP contribution is 2.39. The summed E-state index contributed by atoms with van der Waals surface area (Å²) in [6.45, 7) is 13.2. The van der Waals surface area contributed by atoms with E-state index in [0.29, 0.717) is 0 Å². The molecule has 3 nitrogen and oxygen atoms in total. The molecule has 0 spiro atoms.